The highest BCUT2D eigenvalue weighted by Gasteiger charge is 2.26. The first-order valence-electron chi connectivity index (χ1n) is 6.34. The number of carbonyl (C=O) groups excluding carboxylic acids is 1. The van der Waals surface area contributed by atoms with Crippen molar-refractivity contribution in [3.8, 4) is 0 Å². The molecule has 1 N–H and O–H groups in total. The molecule has 100 valence electrons. The van der Waals surface area contributed by atoms with Crippen LogP contribution in [0.15, 0.2) is 12.1 Å². The molecule has 2 heterocycles. The zero-order valence-electron chi connectivity index (χ0n) is 10.3. The zero-order valence-corrected chi connectivity index (χ0v) is 11.8. The summed E-state index contributed by atoms with van der Waals surface area (Å²) in [5.41, 5.74) is 0. The van der Waals surface area contributed by atoms with Crippen LogP contribution in [0, 0.1) is 0 Å². The molecule has 1 aliphatic heterocycles. The van der Waals surface area contributed by atoms with Gasteiger partial charge in [-0.1, -0.05) is 11.6 Å². The van der Waals surface area contributed by atoms with Gasteiger partial charge in [0.15, 0.2) is 5.78 Å². The topological polar surface area (TPSA) is 40.5 Å². The molecule has 1 atom stereocenters. The van der Waals surface area contributed by atoms with Crippen molar-refractivity contribution in [3.05, 3.63) is 21.3 Å². The third-order valence-corrected chi connectivity index (χ3v) is 4.66. The summed E-state index contributed by atoms with van der Waals surface area (Å²) in [7, 11) is 0. The van der Waals surface area contributed by atoms with Gasteiger partial charge in [-0.05, 0) is 44.4 Å². The quantitative estimate of drug-likeness (QED) is 0.818. The van der Waals surface area contributed by atoms with Crippen molar-refractivity contribution in [3.63, 3.8) is 0 Å². The number of nitrogens with zero attached hydrogens (tertiary/aromatic N) is 1. The van der Waals surface area contributed by atoms with Crippen molar-refractivity contribution in [1.29, 1.82) is 0 Å². The van der Waals surface area contributed by atoms with E-state index in [1.165, 1.54) is 11.3 Å². The van der Waals surface area contributed by atoms with Crippen LogP contribution >= 0.6 is 22.9 Å². The highest BCUT2D eigenvalue weighted by Crippen LogP contribution is 2.25. The van der Waals surface area contributed by atoms with Gasteiger partial charge in [0.2, 0.25) is 0 Å². The monoisotopic (exact) mass is 287 g/mol. The van der Waals surface area contributed by atoms with Crippen LogP contribution in [-0.4, -0.2) is 41.5 Å². The lowest BCUT2D eigenvalue weighted by atomic mass is 10.1. The Labute approximate surface area is 116 Å². The fraction of sp³-hybridized carbons (Fsp3) is 0.615. The van der Waals surface area contributed by atoms with Gasteiger partial charge in [-0.25, -0.2) is 0 Å². The fourth-order valence-electron chi connectivity index (χ4n) is 2.48. The molecule has 1 aromatic heterocycles. The van der Waals surface area contributed by atoms with E-state index in [2.05, 4.69) is 4.90 Å². The summed E-state index contributed by atoms with van der Waals surface area (Å²) in [4.78, 5) is 15.1. The van der Waals surface area contributed by atoms with Gasteiger partial charge in [-0.3, -0.25) is 9.69 Å². The maximum Gasteiger partial charge on any atom is 0.186 e. The summed E-state index contributed by atoms with van der Waals surface area (Å²) < 4.78 is 0.664. The van der Waals surface area contributed by atoms with Crippen LogP contribution in [0.3, 0.4) is 0 Å². The normalized spacial score (nSPS) is 20.4. The molecule has 0 aliphatic carbocycles. The summed E-state index contributed by atoms with van der Waals surface area (Å²) in [5, 5.41) is 8.88. The average Bonchev–Trinajstić information content (AvgIpc) is 2.96. The largest absolute Gasteiger partial charge is 0.396 e. The number of rotatable bonds is 6. The molecule has 1 aromatic rings. The van der Waals surface area contributed by atoms with Crippen molar-refractivity contribution in [2.75, 3.05) is 19.7 Å². The number of thiophene rings is 1. The summed E-state index contributed by atoms with van der Waals surface area (Å²) >= 11 is 7.19. The second-order valence-corrected chi connectivity index (χ2v) is 6.37. The minimum atomic E-state index is 0.155. The molecule has 3 nitrogen and oxygen atoms in total. The van der Waals surface area contributed by atoms with Gasteiger partial charge in [-0.2, -0.15) is 0 Å². The molecule has 1 aliphatic rings. The predicted molar refractivity (Wildman–Crippen MR) is 74.6 cm³/mol. The molecule has 18 heavy (non-hydrogen) atoms. The molecule has 1 fully saturated rings. The molecular weight excluding hydrogens is 270 g/mol. The van der Waals surface area contributed by atoms with Gasteiger partial charge < -0.3 is 5.11 Å². The third kappa shape index (κ3) is 3.54. The molecule has 1 saturated heterocycles. The van der Waals surface area contributed by atoms with E-state index >= 15 is 0 Å². The van der Waals surface area contributed by atoms with Gasteiger partial charge in [0.1, 0.15) is 0 Å². The van der Waals surface area contributed by atoms with Gasteiger partial charge in [-0.15, -0.1) is 11.3 Å². The first-order valence-corrected chi connectivity index (χ1v) is 7.53. The molecule has 0 saturated carbocycles. The summed E-state index contributed by atoms with van der Waals surface area (Å²) in [6, 6.07) is 4.03. The lowest BCUT2D eigenvalue weighted by Gasteiger charge is -2.23. The van der Waals surface area contributed by atoms with Crippen LogP contribution < -0.4 is 0 Å². The molecule has 0 amide bonds. The Morgan fingerprint density at radius 2 is 2.39 bits per heavy atom. The highest BCUT2D eigenvalue weighted by atomic mass is 35.5. The smallest absolute Gasteiger partial charge is 0.186 e. The number of hydrogen-bond donors (Lipinski definition) is 1. The number of likely N-dealkylation sites (tertiary alicyclic amines) is 1. The lowest BCUT2D eigenvalue weighted by Crippen LogP contribution is -2.34. The van der Waals surface area contributed by atoms with Crippen molar-refractivity contribution in [2.24, 2.45) is 0 Å². The number of aliphatic hydroxyl groups is 1. The van der Waals surface area contributed by atoms with Gasteiger partial charge in [0.25, 0.3) is 0 Å². The number of halogens is 1. The standard InChI is InChI=1S/C13H18ClNO2S/c14-13-6-5-12(18-13)11(17)9-15-7-1-3-10(15)4-2-8-16/h5-6,10,16H,1-4,7-9H2. The first-order chi connectivity index (χ1) is 8.70. The second-order valence-electron chi connectivity index (χ2n) is 4.66. The summed E-state index contributed by atoms with van der Waals surface area (Å²) in [6.45, 7) is 1.70. The minimum Gasteiger partial charge on any atom is -0.396 e. The van der Waals surface area contributed by atoms with Crippen LogP contribution in [-0.2, 0) is 0 Å². The van der Waals surface area contributed by atoms with Crippen LogP contribution in [0.2, 0.25) is 4.34 Å². The van der Waals surface area contributed by atoms with Crippen LogP contribution in [0.4, 0.5) is 0 Å². The Kier molecular flexibility index (Phi) is 5.18. The molecule has 0 bridgehead atoms. The molecule has 0 aromatic carbocycles. The molecule has 2 rings (SSSR count). The second kappa shape index (κ2) is 6.66. The SMILES string of the molecule is O=C(CN1CCCC1CCCO)c1ccc(Cl)s1. The minimum absolute atomic E-state index is 0.155. The van der Waals surface area contributed by atoms with Gasteiger partial charge in [0, 0.05) is 12.6 Å². The molecule has 0 spiro atoms. The van der Waals surface area contributed by atoms with Crippen LogP contribution in [0.1, 0.15) is 35.4 Å². The number of aliphatic hydroxyl groups excluding tert-OH is 1. The Morgan fingerprint density at radius 1 is 1.56 bits per heavy atom. The lowest BCUT2D eigenvalue weighted by molar-refractivity contribution is 0.0920. The van der Waals surface area contributed by atoms with E-state index in [9.17, 15) is 4.79 Å². The Morgan fingerprint density at radius 3 is 3.06 bits per heavy atom. The first kappa shape index (κ1) is 14.0. The van der Waals surface area contributed by atoms with E-state index in [4.69, 9.17) is 16.7 Å². The fourth-order valence-corrected chi connectivity index (χ4v) is 3.46. The number of Topliss-reactive ketones (excluding diaryl/α,β-unsaturated/α-hetero) is 1. The van der Waals surface area contributed by atoms with Gasteiger partial charge >= 0.3 is 0 Å². The molecule has 0 radical (unpaired) electrons. The molecular formula is C13H18ClNO2S. The van der Waals surface area contributed by atoms with Crippen molar-refractivity contribution < 1.29 is 9.90 Å². The third-order valence-electron chi connectivity index (χ3n) is 3.39. The predicted octanol–water partition coefficient (Wildman–Crippen LogP) is 2.82. The van der Waals surface area contributed by atoms with E-state index in [-0.39, 0.29) is 12.4 Å². The summed E-state index contributed by atoms with van der Waals surface area (Å²) in [5.74, 6) is 0.155. The number of carbonyl (C=O) groups is 1. The van der Waals surface area contributed by atoms with Crippen molar-refractivity contribution in [1.82, 2.24) is 4.90 Å². The highest BCUT2D eigenvalue weighted by molar-refractivity contribution is 7.18. The van der Waals surface area contributed by atoms with E-state index in [0.29, 0.717) is 16.9 Å². The molecule has 1 unspecified atom stereocenters. The zero-order chi connectivity index (χ0) is 13.0. The van der Waals surface area contributed by atoms with Crippen molar-refractivity contribution in [2.45, 2.75) is 31.7 Å². The van der Waals surface area contributed by atoms with Gasteiger partial charge in [0.05, 0.1) is 15.8 Å². The summed E-state index contributed by atoms with van der Waals surface area (Å²) in [6.07, 6.45) is 4.09. The Hall–Kier alpha value is -0.420. The van der Waals surface area contributed by atoms with E-state index < -0.39 is 0 Å². The van der Waals surface area contributed by atoms with Crippen molar-refractivity contribution >= 4 is 28.7 Å². The Bertz CT molecular complexity index is 407. The maximum absolute atomic E-state index is 12.1. The number of ketones is 1. The average molecular weight is 288 g/mol. The maximum atomic E-state index is 12.1. The van der Waals surface area contributed by atoms with E-state index in [1.54, 1.807) is 12.1 Å². The van der Waals surface area contributed by atoms with Crippen LogP contribution in [0.25, 0.3) is 0 Å². The molecule has 5 heteroatoms. The Balaban J connectivity index is 1.90. The van der Waals surface area contributed by atoms with E-state index in [0.717, 1.165) is 37.1 Å². The number of hydrogen-bond acceptors (Lipinski definition) is 4. The van der Waals surface area contributed by atoms with Crippen LogP contribution in [0.5, 0.6) is 0 Å². The van der Waals surface area contributed by atoms with E-state index in [1.807, 2.05) is 0 Å².